The lowest BCUT2D eigenvalue weighted by Crippen LogP contribution is -2.51. The Bertz CT molecular complexity index is 479. The van der Waals surface area contributed by atoms with E-state index in [-0.39, 0.29) is 30.4 Å². The van der Waals surface area contributed by atoms with Gasteiger partial charge in [0.15, 0.2) is 0 Å². The number of nitrogens with zero attached hydrogens (tertiary/aromatic N) is 1. The van der Waals surface area contributed by atoms with Crippen LogP contribution in [0.4, 0.5) is 0 Å². The Hall–Kier alpha value is -0.480. The van der Waals surface area contributed by atoms with Crippen molar-refractivity contribution in [2.75, 3.05) is 6.54 Å². The molecule has 1 amide bonds. The van der Waals surface area contributed by atoms with Gasteiger partial charge in [-0.25, -0.2) is 0 Å². The number of hydrogen-bond donors (Lipinski definition) is 1. The van der Waals surface area contributed by atoms with Crippen molar-refractivity contribution in [1.29, 1.82) is 0 Å². The van der Waals surface area contributed by atoms with Crippen molar-refractivity contribution >= 4 is 41.5 Å². The number of nitrogens with two attached hydrogens (primary N) is 1. The van der Waals surface area contributed by atoms with Gasteiger partial charge in [0.1, 0.15) is 0 Å². The molecule has 112 valence electrons. The first kappa shape index (κ1) is 17.6. The Morgan fingerprint density at radius 3 is 2.65 bits per heavy atom. The van der Waals surface area contributed by atoms with Crippen LogP contribution < -0.4 is 5.73 Å². The third kappa shape index (κ3) is 3.79. The number of carbonyl (C=O) groups excluding carboxylic acids is 1. The Morgan fingerprint density at radius 1 is 1.35 bits per heavy atom. The first-order valence-corrected chi connectivity index (χ1v) is 7.28. The SMILES string of the molecule is CC(N)C1CCCCN1C(=O)c1ccc(Cl)c(Cl)c1.Cl. The predicted molar refractivity (Wildman–Crippen MR) is 86.0 cm³/mol. The molecule has 1 aliphatic rings. The number of rotatable bonds is 2. The molecule has 0 aliphatic carbocycles. The fourth-order valence-corrected chi connectivity index (χ4v) is 2.85. The number of piperidine rings is 1. The normalized spacial score (nSPS) is 20.2. The summed E-state index contributed by atoms with van der Waals surface area (Å²) < 4.78 is 0. The van der Waals surface area contributed by atoms with Crippen molar-refractivity contribution in [2.45, 2.75) is 38.3 Å². The Kier molecular flexibility index (Phi) is 6.59. The smallest absolute Gasteiger partial charge is 0.254 e. The number of halogens is 3. The standard InChI is InChI=1S/C14H18Cl2N2O.ClH/c1-9(17)13-4-2-3-7-18(13)14(19)10-5-6-11(15)12(16)8-10;/h5-6,8-9,13H,2-4,7,17H2,1H3;1H. The van der Waals surface area contributed by atoms with Crippen LogP contribution in [-0.2, 0) is 0 Å². The monoisotopic (exact) mass is 336 g/mol. The lowest BCUT2D eigenvalue weighted by atomic mass is 9.96. The minimum absolute atomic E-state index is 0. The summed E-state index contributed by atoms with van der Waals surface area (Å²) in [6.07, 6.45) is 3.11. The van der Waals surface area contributed by atoms with Crippen LogP contribution in [0.2, 0.25) is 10.0 Å². The maximum absolute atomic E-state index is 12.5. The highest BCUT2D eigenvalue weighted by molar-refractivity contribution is 6.42. The average molecular weight is 338 g/mol. The predicted octanol–water partition coefficient (Wildman–Crippen LogP) is 3.76. The summed E-state index contributed by atoms with van der Waals surface area (Å²) in [6.45, 7) is 2.70. The van der Waals surface area contributed by atoms with Gasteiger partial charge >= 0.3 is 0 Å². The third-order valence-electron chi connectivity index (χ3n) is 3.58. The van der Waals surface area contributed by atoms with Crippen LogP contribution in [0, 0.1) is 0 Å². The Morgan fingerprint density at radius 2 is 2.05 bits per heavy atom. The highest BCUT2D eigenvalue weighted by Gasteiger charge is 2.29. The Balaban J connectivity index is 0.00000200. The van der Waals surface area contributed by atoms with Gasteiger partial charge in [-0.3, -0.25) is 4.79 Å². The molecule has 1 aromatic carbocycles. The molecule has 2 unspecified atom stereocenters. The quantitative estimate of drug-likeness (QED) is 0.893. The molecule has 6 heteroatoms. The highest BCUT2D eigenvalue weighted by Crippen LogP contribution is 2.26. The zero-order valence-corrected chi connectivity index (χ0v) is 13.6. The van der Waals surface area contributed by atoms with Crippen LogP contribution in [0.25, 0.3) is 0 Å². The van der Waals surface area contributed by atoms with Gasteiger partial charge in [-0.15, -0.1) is 12.4 Å². The van der Waals surface area contributed by atoms with Crippen LogP contribution in [0.1, 0.15) is 36.5 Å². The number of hydrogen-bond acceptors (Lipinski definition) is 2. The molecule has 1 aliphatic heterocycles. The van der Waals surface area contributed by atoms with Crippen LogP contribution in [-0.4, -0.2) is 29.4 Å². The van der Waals surface area contributed by atoms with Gasteiger partial charge in [0.25, 0.3) is 5.91 Å². The van der Waals surface area contributed by atoms with Gasteiger partial charge < -0.3 is 10.6 Å². The number of carbonyl (C=O) groups is 1. The summed E-state index contributed by atoms with van der Waals surface area (Å²) in [6, 6.07) is 5.08. The molecule has 1 aromatic rings. The number of benzene rings is 1. The van der Waals surface area contributed by atoms with E-state index in [0.717, 1.165) is 25.8 Å². The van der Waals surface area contributed by atoms with Crippen LogP contribution >= 0.6 is 35.6 Å². The largest absolute Gasteiger partial charge is 0.334 e. The molecule has 0 spiro atoms. The molecule has 0 aromatic heterocycles. The maximum Gasteiger partial charge on any atom is 0.254 e. The van der Waals surface area contributed by atoms with Gasteiger partial charge in [-0.05, 0) is 44.4 Å². The summed E-state index contributed by atoms with van der Waals surface area (Å²) in [5.74, 6) is -0.0134. The molecule has 1 saturated heterocycles. The lowest BCUT2D eigenvalue weighted by molar-refractivity contribution is 0.0584. The summed E-state index contributed by atoms with van der Waals surface area (Å²) in [4.78, 5) is 14.4. The molecule has 1 heterocycles. The zero-order chi connectivity index (χ0) is 14.0. The van der Waals surface area contributed by atoms with Gasteiger partial charge in [0.05, 0.1) is 10.0 Å². The molecule has 2 N–H and O–H groups in total. The van der Waals surface area contributed by atoms with Crippen LogP contribution in [0.5, 0.6) is 0 Å². The van der Waals surface area contributed by atoms with E-state index >= 15 is 0 Å². The van der Waals surface area contributed by atoms with Gasteiger partial charge in [0.2, 0.25) is 0 Å². The first-order chi connectivity index (χ1) is 9.00. The molecule has 0 radical (unpaired) electrons. The molecule has 2 atom stereocenters. The summed E-state index contributed by atoms with van der Waals surface area (Å²) in [7, 11) is 0. The van der Waals surface area contributed by atoms with Gasteiger partial charge in [0, 0.05) is 24.2 Å². The van der Waals surface area contributed by atoms with E-state index in [9.17, 15) is 4.79 Å². The molecule has 0 bridgehead atoms. The van der Waals surface area contributed by atoms with E-state index < -0.39 is 0 Å². The van der Waals surface area contributed by atoms with E-state index in [1.165, 1.54) is 0 Å². The topological polar surface area (TPSA) is 46.3 Å². The second-order valence-corrected chi connectivity index (χ2v) is 5.86. The molecular weight excluding hydrogens is 319 g/mol. The second-order valence-electron chi connectivity index (χ2n) is 5.05. The van der Waals surface area contributed by atoms with Crippen molar-refractivity contribution in [3.05, 3.63) is 33.8 Å². The molecule has 0 saturated carbocycles. The Labute approximate surface area is 135 Å². The second kappa shape index (κ2) is 7.51. The van der Waals surface area contributed by atoms with Crippen LogP contribution in [0.3, 0.4) is 0 Å². The summed E-state index contributed by atoms with van der Waals surface area (Å²) >= 11 is 11.8. The first-order valence-electron chi connectivity index (χ1n) is 6.52. The van der Waals surface area contributed by atoms with Crippen molar-refractivity contribution in [3.8, 4) is 0 Å². The van der Waals surface area contributed by atoms with E-state index in [2.05, 4.69) is 0 Å². The third-order valence-corrected chi connectivity index (χ3v) is 4.32. The molecule has 2 rings (SSSR count). The van der Waals surface area contributed by atoms with E-state index in [1.807, 2.05) is 11.8 Å². The number of likely N-dealkylation sites (tertiary alicyclic amines) is 1. The average Bonchev–Trinajstić information content (AvgIpc) is 2.41. The summed E-state index contributed by atoms with van der Waals surface area (Å²) in [5.41, 5.74) is 6.56. The number of amides is 1. The molecular formula is C14H19Cl3N2O. The maximum atomic E-state index is 12.5. The molecule has 1 fully saturated rings. The van der Waals surface area contributed by atoms with Crippen molar-refractivity contribution < 1.29 is 4.79 Å². The van der Waals surface area contributed by atoms with Crippen molar-refractivity contribution in [2.24, 2.45) is 5.73 Å². The van der Waals surface area contributed by atoms with Crippen LogP contribution in [0.15, 0.2) is 18.2 Å². The van der Waals surface area contributed by atoms with Gasteiger partial charge in [-0.1, -0.05) is 23.2 Å². The molecule has 3 nitrogen and oxygen atoms in total. The zero-order valence-electron chi connectivity index (χ0n) is 11.3. The van der Waals surface area contributed by atoms with Gasteiger partial charge in [-0.2, -0.15) is 0 Å². The summed E-state index contributed by atoms with van der Waals surface area (Å²) in [5, 5.41) is 0.863. The minimum atomic E-state index is -0.0213. The lowest BCUT2D eigenvalue weighted by Gasteiger charge is -2.38. The fraction of sp³-hybridized carbons (Fsp3) is 0.500. The van der Waals surface area contributed by atoms with Crippen molar-refractivity contribution in [3.63, 3.8) is 0 Å². The van der Waals surface area contributed by atoms with E-state index in [1.54, 1.807) is 18.2 Å². The van der Waals surface area contributed by atoms with Crippen molar-refractivity contribution in [1.82, 2.24) is 4.90 Å². The van der Waals surface area contributed by atoms with E-state index in [0.29, 0.717) is 15.6 Å². The van der Waals surface area contributed by atoms with E-state index in [4.69, 9.17) is 28.9 Å². The molecule has 20 heavy (non-hydrogen) atoms. The fourth-order valence-electron chi connectivity index (χ4n) is 2.55. The minimum Gasteiger partial charge on any atom is -0.334 e. The highest BCUT2D eigenvalue weighted by atomic mass is 35.5.